The molecule has 1 unspecified atom stereocenters. The van der Waals surface area contributed by atoms with Gasteiger partial charge in [0.15, 0.2) is 18.9 Å². The van der Waals surface area contributed by atoms with Crippen LogP contribution in [0.3, 0.4) is 0 Å². The van der Waals surface area contributed by atoms with E-state index < -0.39 is 129 Å². The van der Waals surface area contributed by atoms with Gasteiger partial charge in [0.25, 0.3) is 0 Å². The van der Waals surface area contributed by atoms with E-state index in [4.69, 9.17) is 28.4 Å². The van der Waals surface area contributed by atoms with E-state index >= 15 is 0 Å². The molecule has 3 fully saturated rings. The van der Waals surface area contributed by atoms with Crippen molar-refractivity contribution in [1.82, 2.24) is 20.9 Å². The van der Waals surface area contributed by atoms with Gasteiger partial charge >= 0.3 is 0 Å². The molecule has 0 aromatic rings. The van der Waals surface area contributed by atoms with E-state index in [1.54, 1.807) is 6.92 Å². The Labute approximate surface area is 335 Å². The molecule has 0 saturated carbocycles. The van der Waals surface area contributed by atoms with Crippen LogP contribution in [0.4, 0.5) is 0 Å². The fourth-order valence-corrected chi connectivity index (χ4v) is 6.45. The number of ketones is 1. The first-order valence-electron chi connectivity index (χ1n) is 19.4. The van der Waals surface area contributed by atoms with Crippen LogP contribution < -0.4 is 16.0 Å². The summed E-state index contributed by atoms with van der Waals surface area (Å²) in [5.74, 6) is -2.16. The first kappa shape index (κ1) is 49.8. The smallest absolute Gasteiger partial charge is 0.234 e. The van der Waals surface area contributed by atoms with Crippen LogP contribution in [0.25, 0.3) is 0 Å². The number of hydrogen-bond donors (Lipinski definition) is 12. The maximum atomic E-state index is 13.2. The lowest BCUT2D eigenvalue weighted by Crippen LogP contribution is -2.57. The number of nitrogens with one attached hydrogen (secondary N) is 3. The van der Waals surface area contributed by atoms with Gasteiger partial charge in [0, 0.05) is 32.5 Å². The molecule has 23 nitrogen and oxygen atoms in total. The van der Waals surface area contributed by atoms with E-state index in [9.17, 15) is 65.1 Å². The molecule has 3 aliphatic rings. The molecule has 0 aromatic heterocycles. The van der Waals surface area contributed by atoms with E-state index in [1.807, 2.05) is 0 Å². The Balaban J connectivity index is 1.57. The van der Waals surface area contributed by atoms with Crippen molar-refractivity contribution in [1.29, 1.82) is 0 Å². The minimum atomic E-state index is -1.55. The molecule has 336 valence electrons. The highest BCUT2D eigenvalue weighted by Crippen LogP contribution is 2.24. The van der Waals surface area contributed by atoms with E-state index in [2.05, 4.69) is 16.0 Å². The Bertz CT molecular complexity index is 1250. The largest absolute Gasteiger partial charge is 0.388 e. The van der Waals surface area contributed by atoms with Crippen molar-refractivity contribution in [3.8, 4) is 0 Å². The van der Waals surface area contributed by atoms with E-state index in [1.165, 1.54) is 25.7 Å². The van der Waals surface area contributed by atoms with Gasteiger partial charge in [-0.25, -0.2) is 0 Å². The van der Waals surface area contributed by atoms with E-state index in [0.717, 1.165) is 0 Å². The Morgan fingerprint density at radius 2 is 0.862 bits per heavy atom. The van der Waals surface area contributed by atoms with E-state index in [0.29, 0.717) is 0 Å². The van der Waals surface area contributed by atoms with Crippen molar-refractivity contribution in [2.45, 2.75) is 145 Å². The first-order valence-corrected chi connectivity index (χ1v) is 19.4. The van der Waals surface area contributed by atoms with Crippen LogP contribution in [0.1, 0.15) is 47.0 Å². The summed E-state index contributed by atoms with van der Waals surface area (Å²) in [6.45, 7) is 4.27. The summed E-state index contributed by atoms with van der Waals surface area (Å²) in [6.07, 6.45) is -19.8. The van der Waals surface area contributed by atoms with Gasteiger partial charge in [-0.15, -0.1) is 0 Å². The van der Waals surface area contributed by atoms with Crippen molar-refractivity contribution in [3.05, 3.63) is 0 Å². The quantitative estimate of drug-likeness (QED) is 0.0451. The van der Waals surface area contributed by atoms with Gasteiger partial charge in [-0.3, -0.25) is 24.1 Å². The molecule has 0 aliphatic carbocycles. The second kappa shape index (κ2) is 24.0. The van der Waals surface area contributed by atoms with Crippen molar-refractivity contribution < 1.29 is 93.6 Å². The fraction of sp³-hybridized carbons (Fsp3) is 0.886. The molecular weight excluding hydrogens is 780 g/mol. The molecule has 0 spiro atoms. The third-order valence-corrected chi connectivity index (χ3v) is 10.0. The molecule has 23 heteroatoms. The number of carbonyl (C=O) groups is 4. The molecule has 3 rings (SSSR count). The number of nitrogens with zero attached hydrogens (tertiary/aromatic N) is 1. The highest BCUT2D eigenvalue weighted by Gasteiger charge is 2.44. The molecule has 58 heavy (non-hydrogen) atoms. The maximum Gasteiger partial charge on any atom is 0.234 e. The van der Waals surface area contributed by atoms with Gasteiger partial charge in [0.05, 0.1) is 57.3 Å². The van der Waals surface area contributed by atoms with Gasteiger partial charge in [-0.2, -0.15) is 0 Å². The average Bonchev–Trinajstić information content (AvgIpc) is 3.19. The third kappa shape index (κ3) is 14.3. The summed E-state index contributed by atoms with van der Waals surface area (Å²) in [7, 11) is 0. The van der Waals surface area contributed by atoms with Crippen LogP contribution in [0, 0.1) is 0 Å². The highest BCUT2D eigenvalue weighted by atomic mass is 16.7. The Hall–Kier alpha value is -2.56. The molecule has 3 amide bonds. The van der Waals surface area contributed by atoms with Gasteiger partial charge in [0.1, 0.15) is 60.7 Å². The predicted octanol–water partition coefficient (Wildman–Crippen LogP) is -6.70. The molecule has 12 N–H and O–H groups in total. The Morgan fingerprint density at radius 3 is 1.19 bits per heavy atom. The number of hydrogen-bond acceptors (Lipinski definition) is 20. The van der Waals surface area contributed by atoms with Crippen LogP contribution >= 0.6 is 0 Å². The monoisotopic (exact) mass is 842 g/mol. The number of Topliss-reactive ketones (excluding diaryl/α,β-unsaturated/α-hetero) is 1. The second-order valence-corrected chi connectivity index (χ2v) is 14.5. The topological polar surface area (TPSA) is 345 Å². The van der Waals surface area contributed by atoms with Crippen LogP contribution in [-0.4, -0.2) is 225 Å². The summed E-state index contributed by atoms with van der Waals surface area (Å²) in [4.78, 5) is 53.6. The lowest BCUT2D eigenvalue weighted by molar-refractivity contribution is -0.292. The van der Waals surface area contributed by atoms with E-state index in [-0.39, 0.29) is 64.5 Å². The lowest BCUT2D eigenvalue weighted by Gasteiger charge is -2.38. The van der Waals surface area contributed by atoms with Crippen LogP contribution in [-0.2, 0) is 47.6 Å². The molecule has 0 bridgehead atoms. The zero-order chi connectivity index (χ0) is 43.3. The van der Waals surface area contributed by atoms with Crippen molar-refractivity contribution in [2.75, 3.05) is 52.5 Å². The number of carbonyl (C=O) groups excluding carboxylic acids is 4. The fourth-order valence-electron chi connectivity index (χ4n) is 6.45. The molecule has 3 saturated heterocycles. The summed E-state index contributed by atoms with van der Waals surface area (Å²) >= 11 is 0. The molecule has 3 aliphatic heterocycles. The summed E-state index contributed by atoms with van der Waals surface area (Å²) in [5, 5.41) is 97.8. The standard InChI is InChI=1S/C35H62N4O19/c1-5-20(40)19(6-7-21(41)36-8-11-53-33-30(50)27(47)24(44)16(2)56-33)39(14-22(42)37-9-12-54-34-31(51)28(48)25(45)17(3)57-34)15-23(43)38-10-13-55-35-32(52)29(49)26(46)18(4)58-35/h16-19,24-35,44-52H,5-15H2,1-4H3,(H,36,41)(H,37,42)(H,38,43)/t16-,17-,18-,19?,24+,25+,26+,27+,28+,29+,30-,31-,32-,33+,34+,35+/m0/s1. The van der Waals surface area contributed by atoms with Crippen LogP contribution in [0.5, 0.6) is 0 Å². The van der Waals surface area contributed by atoms with Crippen LogP contribution in [0.15, 0.2) is 0 Å². The van der Waals surface area contributed by atoms with Crippen molar-refractivity contribution >= 4 is 23.5 Å². The number of aliphatic hydroxyl groups excluding tert-OH is 9. The predicted molar refractivity (Wildman–Crippen MR) is 194 cm³/mol. The van der Waals surface area contributed by atoms with Gasteiger partial charge in [-0.1, -0.05) is 6.92 Å². The second-order valence-electron chi connectivity index (χ2n) is 14.5. The number of ether oxygens (including phenoxy) is 6. The summed E-state index contributed by atoms with van der Waals surface area (Å²) in [6, 6.07) is -1.09. The third-order valence-electron chi connectivity index (χ3n) is 10.0. The average molecular weight is 843 g/mol. The SMILES string of the molecule is CCC(=O)C(CCC(=O)NCCO[C@@H]1O[C@@H](C)[C@@H](O)[C@@H](O)[C@@H]1O)N(CC(=O)NCCO[C@@H]1O[C@@H](C)[C@@H](O)[C@@H](O)[C@@H]1O)CC(=O)NCCO[C@@H]1O[C@@H](C)[C@@H](O)[C@@H](O)[C@@H]1O. The van der Waals surface area contributed by atoms with Gasteiger partial charge in [-0.05, 0) is 27.2 Å². The lowest BCUT2D eigenvalue weighted by atomic mass is 10.0. The number of aliphatic hydroxyl groups is 9. The zero-order valence-electron chi connectivity index (χ0n) is 33.1. The molecule has 0 aromatic carbocycles. The molecule has 0 radical (unpaired) electrons. The van der Waals surface area contributed by atoms with Crippen molar-refractivity contribution in [2.24, 2.45) is 0 Å². The molecule has 3 heterocycles. The highest BCUT2D eigenvalue weighted by molar-refractivity contribution is 5.87. The molecule has 16 atom stereocenters. The summed E-state index contributed by atoms with van der Waals surface area (Å²) in [5.41, 5.74) is 0. The number of rotatable bonds is 22. The van der Waals surface area contributed by atoms with Crippen LogP contribution in [0.2, 0.25) is 0 Å². The Morgan fingerprint density at radius 1 is 0.534 bits per heavy atom. The number of amides is 3. The van der Waals surface area contributed by atoms with Crippen molar-refractivity contribution in [3.63, 3.8) is 0 Å². The maximum absolute atomic E-state index is 13.2. The normalized spacial score (nSPS) is 35.9. The molecular formula is C35H62N4O19. The van der Waals surface area contributed by atoms with Gasteiger partial charge < -0.3 is 90.3 Å². The first-order chi connectivity index (χ1) is 27.4. The Kier molecular flexibility index (Phi) is 20.6. The summed E-state index contributed by atoms with van der Waals surface area (Å²) < 4.78 is 32.4. The zero-order valence-corrected chi connectivity index (χ0v) is 33.1. The minimum absolute atomic E-state index is 0.00436. The van der Waals surface area contributed by atoms with Gasteiger partial charge in [0.2, 0.25) is 17.7 Å². The minimum Gasteiger partial charge on any atom is -0.388 e.